The molecule has 4 nitrogen and oxygen atoms in total. The average Bonchev–Trinajstić information content (AvgIpc) is 3.23. The zero-order valence-corrected chi connectivity index (χ0v) is 20.2. The van der Waals surface area contributed by atoms with Crippen LogP contribution in [0.4, 0.5) is 0 Å². The molecule has 0 unspecified atom stereocenters. The van der Waals surface area contributed by atoms with Gasteiger partial charge in [-0.05, 0) is 74.8 Å². The predicted molar refractivity (Wildman–Crippen MR) is 127 cm³/mol. The molecule has 1 aromatic heterocycles. The van der Waals surface area contributed by atoms with Gasteiger partial charge in [-0.15, -0.1) is 0 Å². The van der Waals surface area contributed by atoms with Crippen molar-refractivity contribution in [2.24, 2.45) is 22.7 Å². The van der Waals surface area contributed by atoms with Crippen LogP contribution in [0.15, 0.2) is 24.3 Å². The Morgan fingerprint density at radius 2 is 1.84 bits per heavy atom. The van der Waals surface area contributed by atoms with E-state index in [1.54, 1.807) is 0 Å². The zero-order valence-electron chi connectivity index (χ0n) is 20.2. The van der Waals surface area contributed by atoms with E-state index in [1.807, 2.05) is 13.8 Å². The molecule has 0 spiro atoms. The SMILES string of the molecule is CC(C)(O)[C@@H]1C[C@@H](O)[C@]2(C)[C@H](CC[C@@]3(C)[C@H]2CC[C@@H]2Cc4c([nH]c5ccccc45)[C@@]23C)O1. The van der Waals surface area contributed by atoms with Crippen molar-refractivity contribution in [2.75, 3.05) is 0 Å². The third kappa shape index (κ3) is 2.39. The highest BCUT2D eigenvalue weighted by Crippen LogP contribution is 2.71. The molecule has 2 heterocycles. The van der Waals surface area contributed by atoms with Crippen LogP contribution in [-0.4, -0.2) is 39.1 Å². The van der Waals surface area contributed by atoms with Crippen molar-refractivity contribution in [1.29, 1.82) is 0 Å². The van der Waals surface area contributed by atoms with Crippen LogP contribution in [0.25, 0.3) is 10.9 Å². The summed E-state index contributed by atoms with van der Waals surface area (Å²) < 4.78 is 6.57. The van der Waals surface area contributed by atoms with Crippen molar-refractivity contribution in [1.82, 2.24) is 4.98 Å². The van der Waals surface area contributed by atoms with Crippen molar-refractivity contribution in [3.05, 3.63) is 35.5 Å². The average molecular weight is 438 g/mol. The molecule has 8 atom stereocenters. The molecule has 2 saturated carbocycles. The number of aromatic amines is 1. The second-order valence-electron chi connectivity index (χ2n) is 12.6. The number of benzene rings is 1. The van der Waals surface area contributed by atoms with Crippen LogP contribution in [0, 0.1) is 22.7 Å². The third-order valence-electron chi connectivity index (χ3n) is 11.0. The minimum absolute atomic E-state index is 0.00416. The first kappa shape index (κ1) is 21.2. The van der Waals surface area contributed by atoms with E-state index in [-0.39, 0.29) is 28.5 Å². The Morgan fingerprint density at radius 3 is 2.59 bits per heavy atom. The minimum Gasteiger partial charge on any atom is -0.392 e. The summed E-state index contributed by atoms with van der Waals surface area (Å²) in [6.07, 6.45) is 5.33. The number of nitrogens with one attached hydrogen (secondary N) is 1. The molecule has 0 radical (unpaired) electrons. The summed E-state index contributed by atoms with van der Waals surface area (Å²) in [5, 5.41) is 23.6. The lowest BCUT2D eigenvalue weighted by Crippen LogP contribution is -2.68. The van der Waals surface area contributed by atoms with Crippen molar-refractivity contribution >= 4 is 10.9 Å². The second-order valence-corrected chi connectivity index (χ2v) is 12.6. The molecule has 1 aromatic carbocycles. The lowest BCUT2D eigenvalue weighted by molar-refractivity contribution is -0.280. The fourth-order valence-electron chi connectivity index (χ4n) is 8.93. The van der Waals surface area contributed by atoms with Gasteiger partial charge in [0.15, 0.2) is 0 Å². The van der Waals surface area contributed by atoms with Gasteiger partial charge in [0.25, 0.3) is 0 Å². The Balaban J connectivity index is 1.44. The Labute approximate surface area is 191 Å². The molecule has 0 amide bonds. The first-order valence-corrected chi connectivity index (χ1v) is 12.7. The van der Waals surface area contributed by atoms with E-state index >= 15 is 0 Å². The van der Waals surface area contributed by atoms with Gasteiger partial charge in [-0.1, -0.05) is 39.0 Å². The van der Waals surface area contributed by atoms with Gasteiger partial charge in [0, 0.05) is 33.8 Å². The number of aliphatic hydroxyl groups is 2. The Hall–Kier alpha value is -1.36. The van der Waals surface area contributed by atoms with Gasteiger partial charge in [0.2, 0.25) is 0 Å². The van der Waals surface area contributed by atoms with Crippen molar-refractivity contribution < 1.29 is 14.9 Å². The normalized spacial score (nSPS) is 45.8. The molecule has 4 aliphatic rings. The molecular weight excluding hydrogens is 398 g/mol. The van der Waals surface area contributed by atoms with E-state index in [1.165, 1.54) is 28.6 Å². The maximum absolute atomic E-state index is 11.6. The summed E-state index contributed by atoms with van der Waals surface area (Å²) >= 11 is 0. The van der Waals surface area contributed by atoms with Gasteiger partial charge >= 0.3 is 0 Å². The fraction of sp³-hybridized carbons (Fsp3) is 0.714. The Kier molecular flexibility index (Phi) is 4.24. The third-order valence-corrected chi connectivity index (χ3v) is 11.0. The number of para-hydroxylation sites is 1. The van der Waals surface area contributed by atoms with E-state index < -0.39 is 11.7 Å². The molecule has 1 saturated heterocycles. The van der Waals surface area contributed by atoms with Gasteiger partial charge in [0.05, 0.1) is 23.9 Å². The van der Waals surface area contributed by atoms with E-state index in [9.17, 15) is 10.2 Å². The summed E-state index contributed by atoms with van der Waals surface area (Å²) in [7, 11) is 0. The van der Waals surface area contributed by atoms with Gasteiger partial charge in [-0.2, -0.15) is 0 Å². The van der Waals surface area contributed by atoms with Crippen LogP contribution in [0.3, 0.4) is 0 Å². The van der Waals surface area contributed by atoms with Crippen molar-refractivity contribution in [2.45, 2.75) is 102 Å². The molecule has 2 aromatic rings. The number of H-pyrrole nitrogens is 1. The number of ether oxygens (including phenoxy) is 1. The monoisotopic (exact) mass is 437 g/mol. The second kappa shape index (κ2) is 6.40. The van der Waals surface area contributed by atoms with Crippen LogP contribution in [0.1, 0.15) is 78.0 Å². The number of hydrogen-bond donors (Lipinski definition) is 3. The van der Waals surface area contributed by atoms with Crippen LogP contribution in [0.5, 0.6) is 0 Å². The standard InChI is InChI=1S/C28H39NO3/c1-25(2,31)23-15-21(30)27(4)20-11-10-16-14-18-17-8-6-7-9-19(17)29-24(18)28(16,5)26(20,3)13-12-22(27)32-23/h6-9,16,20-23,29-31H,10-15H2,1-5H3/t16-,20-,21-,22+,23+,26+,27-,28-/m1/s1. The molecule has 3 N–H and O–H groups in total. The predicted octanol–water partition coefficient (Wildman–Crippen LogP) is 5.10. The first-order chi connectivity index (χ1) is 15.0. The van der Waals surface area contributed by atoms with E-state index in [0.29, 0.717) is 18.3 Å². The number of fused-ring (bicyclic) bond motifs is 9. The van der Waals surface area contributed by atoms with Gasteiger partial charge in [-0.3, -0.25) is 0 Å². The highest BCUT2D eigenvalue weighted by Gasteiger charge is 2.69. The maximum atomic E-state index is 11.6. The zero-order chi connectivity index (χ0) is 22.7. The molecule has 3 aliphatic carbocycles. The lowest BCUT2D eigenvalue weighted by Gasteiger charge is -2.67. The van der Waals surface area contributed by atoms with Crippen molar-refractivity contribution in [3.8, 4) is 0 Å². The number of rotatable bonds is 1. The Bertz CT molecular complexity index is 1070. The van der Waals surface area contributed by atoms with Gasteiger partial charge < -0.3 is 19.9 Å². The minimum atomic E-state index is -0.933. The quantitative estimate of drug-likeness (QED) is 0.581. The molecule has 32 heavy (non-hydrogen) atoms. The van der Waals surface area contributed by atoms with E-state index in [2.05, 4.69) is 50.0 Å². The topological polar surface area (TPSA) is 65.5 Å². The van der Waals surface area contributed by atoms with Crippen LogP contribution >= 0.6 is 0 Å². The van der Waals surface area contributed by atoms with E-state index in [4.69, 9.17) is 4.74 Å². The lowest BCUT2D eigenvalue weighted by atomic mass is 9.39. The van der Waals surface area contributed by atoms with Gasteiger partial charge in [-0.25, -0.2) is 0 Å². The molecular formula is C28H39NO3. The summed E-state index contributed by atoms with van der Waals surface area (Å²) in [6.45, 7) is 10.9. The Morgan fingerprint density at radius 1 is 1.09 bits per heavy atom. The molecule has 4 heteroatoms. The fourth-order valence-corrected chi connectivity index (χ4v) is 8.93. The maximum Gasteiger partial charge on any atom is 0.0885 e. The molecule has 1 aliphatic heterocycles. The number of aliphatic hydroxyl groups excluding tert-OH is 1. The smallest absolute Gasteiger partial charge is 0.0885 e. The highest BCUT2D eigenvalue weighted by molar-refractivity contribution is 5.86. The van der Waals surface area contributed by atoms with E-state index in [0.717, 1.165) is 25.7 Å². The highest BCUT2D eigenvalue weighted by atomic mass is 16.5. The largest absolute Gasteiger partial charge is 0.392 e. The summed E-state index contributed by atoms with van der Waals surface area (Å²) in [5.74, 6) is 1.05. The number of hydrogen-bond acceptors (Lipinski definition) is 3. The summed E-state index contributed by atoms with van der Waals surface area (Å²) in [6, 6.07) is 8.77. The number of aromatic nitrogens is 1. The molecule has 174 valence electrons. The van der Waals surface area contributed by atoms with Crippen LogP contribution < -0.4 is 0 Å². The summed E-state index contributed by atoms with van der Waals surface area (Å²) in [4.78, 5) is 3.87. The van der Waals surface area contributed by atoms with Crippen molar-refractivity contribution in [3.63, 3.8) is 0 Å². The van der Waals surface area contributed by atoms with Gasteiger partial charge in [0.1, 0.15) is 0 Å². The summed E-state index contributed by atoms with van der Waals surface area (Å²) in [5.41, 5.74) is 3.21. The molecule has 0 bridgehead atoms. The molecule has 6 rings (SSSR count). The first-order valence-electron chi connectivity index (χ1n) is 12.7. The van der Waals surface area contributed by atoms with Crippen LogP contribution in [0.2, 0.25) is 0 Å². The molecule has 3 fully saturated rings. The van der Waals surface area contributed by atoms with Crippen LogP contribution in [-0.2, 0) is 16.6 Å².